The van der Waals surface area contributed by atoms with E-state index in [9.17, 15) is 13.2 Å². The number of piperidine rings is 1. The van der Waals surface area contributed by atoms with Crippen molar-refractivity contribution in [2.75, 3.05) is 24.5 Å². The second-order valence-corrected chi connectivity index (χ2v) is 9.62. The summed E-state index contributed by atoms with van der Waals surface area (Å²) in [7, 11) is -3.46. The standard InChI is InChI=1S/C22H26N2O3S/c1-17-7-9-18(10-8-17)22(25)24-15-5-6-19-16-20(11-12-21(19)24)28(26,27)23-13-3-2-4-14-23/h7-12,16H,2-6,13-15H2,1H3. The number of sulfonamides is 1. The number of fused-ring (bicyclic) bond motifs is 1. The summed E-state index contributed by atoms with van der Waals surface area (Å²) < 4.78 is 27.6. The van der Waals surface area contributed by atoms with Gasteiger partial charge in [0.05, 0.1) is 4.90 Å². The fourth-order valence-corrected chi connectivity index (χ4v) is 5.62. The Morgan fingerprint density at radius 2 is 1.61 bits per heavy atom. The van der Waals surface area contributed by atoms with Crippen molar-refractivity contribution in [1.82, 2.24) is 4.31 Å². The van der Waals surface area contributed by atoms with Crippen molar-refractivity contribution in [1.29, 1.82) is 0 Å². The summed E-state index contributed by atoms with van der Waals surface area (Å²) in [5, 5.41) is 0. The lowest BCUT2D eigenvalue weighted by atomic mass is 10.0. The van der Waals surface area contributed by atoms with Crippen molar-refractivity contribution in [2.24, 2.45) is 0 Å². The van der Waals surface area contributed by atoms with Gasteiger partial charge in [-0.2, -0.15) is 4.31 Å². The van der Waals surface area contributed by atoms with Gasteiger partial charge >= 0.3 is 0 Å². The summed E-state index contributed by atoms with van der Waals surface area (Å²) in [4.78, 5) is 15.1. The van der Waals surface area contributed by atoms with Gasteiger partial charge in [-0.25, -0.2) is 8.42 Å². The molecule has 0 radical (unpaired) electrons. The van der Waals surface area contributed by atoms with E-state index in [0.29, 0.717) is 30.1 Å². The number of hydrogen-bond donors (Lipinski definition) is 0. The highest BCUT2D eigenvalue weighted by molar-refractivity contribution is 7.89. The van der Waals surface area contributed by atoms with E-state index in [4.69, 9.17) is 0 Å². The van der Waals surface area contributed by atoms with E-state index in [-0.39, 0.29) is 5.91 Å². The number of anilines is 1. The molecule has 0 saturated carbocycles. The Hall–Kier alpha value is -2.18. The van der Waals surface area contributed by atoms with Gasteiger partial charge < -0.3 is 4.90 Å². The predicted octanol–water partition coefficient (Wildman–Crippen LogP) is 3.76. The molecule has 2 aromatic rings. The number of amides is 1. The zero-order valence-electron chi connectivity index (χ0n) is 16.2. The van der Waals surface area contributed by atoms with Crippen LogP contribution in [0.2, 0.25) is 0 Å². The molecule has 0 aliphatic carbocycles. The molecule has 28 heavy (non-hydrogen) atoms. The van der Waals surface area contributed by atoms with Gasteiger partial charge in [0, 0.05) is 30.9 Å². The third kappa shape index (κ3) is 3.59. The minimum absolute atomic E-state index is 0.0346. The van der Waals surface area contributed by atoms with Crippen molar-refractivity contribution in [3.8, 4) is 0 Å². The first-order valence-electron chi connectivity index (χ1n) is 9.98. The highest BCUT2D eigenvalue weighted by atomic mass is 32.2. The van der Waals surface area contributed by atoms with Gasteiger partial charge in [-0.3, -0.25) is 4.79 Å². The molecule has 0 aromatic heterocycles. The van der Waals surface area contributed by atoms with Gasteiger partial charge in [0.2, 0.25) is 10.0 Å². The molecule has 2 aliphatic heterocycles. The quantitative estimate of drug-likeness (QED) is 0.791. The molecule has 6 heteroatoms. The molecule has 4 rings (SSSR count). The Morgan fingerprint density at radius 3 is 2.32 bits per heavy atom. The zero-order chi connectivity index (χ0) is 19.7. The molecule has 5 nitrogen and oxygen atoms in total. The molecule has 148 valence electrons. The van der Waals surface area contributed by atoms with Crippen molar-refractivity contribution in [2.45, 2.75) is 43.9 Å². The van der Waals surface area contributed by atoms with Gasteiger partial charge in [-0.1, -0.05) is 24.1 Å². The van der Waals surface area contributed by atoms with Crippen LogP contribution in [0, 0.1) is 6.92 Å². The van der Waals surface area contributed by atoms with Crippen LogP contribution >= 0.6 is 0 Å². The van der Waals surface area contributed by atoms with Gasteiger partial charge in [0.15, 0.2) is 0 Å². The maximum atomic E-state index is 13.0. The first kappa shape index (κ1) is 19.2. The van der Waals surface area contributed by atoms with Crippen LogP contribution in [0.3, 0.4) is 0 Å². The van der Waals surface area contributed by atoms with E-state index in [1.165, 1.54) is 0 Å². The fourth-order valence-electron chi connectivity index (χ4n) is 4.05. The monoisotopic (exact) mass is 398 g/mol. The summed E-state index contributed by atoms with van der Waals surface area (Å²) in [5.74, 6) is -0.0346. The van der Waals surface area contributed by atoms with Crippen LogP contribution in [0.4, 0.5) is 5.69 Å². The van der Waals surface area contributed by atoms with Crippen LogP contribution in [-0.4, -0.2) is 38.3 Å². The van der Waals surface area contributed by atoms with E-state index in [0.717, 1.165) is 48.9 Å². The maximum absolute atomic E-state index is 13.0. The molecule has 0 spiro atoms. The van der Waals surface area contributed by atoms with Gasteiger partial charge in [-0.15, -0.1) is 0 Å². The molecule has 2 aromatic carbocycles. The SMILES string of the molecule is Cc1ccc(C(=O)N2CCCc3cc(S(=O)(=O)N4CCCCC4)ccc32)cc1. The zero-order valence-corrected chi connectivity index (χ0v) is 17.0. The van der Waals surface area contributed by atoms with Crippen molar-refractivity contribution in [3.63, 3.8) is 0 Å². The van der Waals surface area contributed by atoms with Crippen LogP contribution < -0.4 is 4.90 Å². The van der Waals surface area contributed by atoms with Gasteiger partial charge in [-0.05, 0) is 68.5 Å². The van der Waals surface area contributed by atoms with Crippen LogP contribution in [-0.2, 0) is 16.4 Å². The van der Waals surface area contributed by atoms with Gasteiger partial charge in [0.25, 0.3) is 5.91 Å². The fraction of sp³-hybridized carbons (Fsp3) is 0.409. The number of aryl methyl sites for hydroxylation is 2. The van der Waals surface area contributed by atoms with E-state index in [1.807, 2.05) is 31.2 Å². The summed E-state index contributed by atoms with van der Waals surface area (Å²) in [6.07, 6.45) is 4.55. The molecule has 0 atom stereocenters. The Kier molecular flexibility index (Phi) is 5.25. The lowest BCUT2D eigenvalue weighted by molar-refractivity contribution is 0.0985. The molecule has 0 bridgehead atoms. The topological polar surface area (TPSA) is 57.7 Å². The summed E-state index contributed by atoms with van der Waals surface area (Å²) in [6, 6.07) is 12.8. The lowest BCUT2D eigenvalue weighted by Gasteiger charge is -2.31. The number of benzene rings is 2. The minimum atomic E-state index is -3.46. The molecule has 2 heterocycles. The summed E-state index contributed by atoms with van der Waals surface area (Å²) >= 11 is 0. The highest BCUT2D eigenvalue weighted by Gasteiger charge is 2.29. The summed E-state index contributed by atoms with van der Waals surface area (Å²) in [6.45, 7) is 3.83. The molecule has 1 fully saturated rings. The number of hydrogen-bond acceptors (Lipinski definition) is 3. The average molecular weight is 399 g/mol. The highest BCUT2D eigenvalue weighted by Crippen LogP contribution is 2.32. The molecule has 0 N–H and O–H groups in total. The van der Waals surface area contributed by atoms with Crippen LogP contribution in [0.25, 0.3) is 0 Å². The molecular formula is C22H26N2O3S. The van der Waals surface area contributed by atoms with E-state index in [2.05, 4.69) is 0 Å². The van der Waals surface area contributed by atoms with Crippen LogP contribution in [0.5, 0.6) is 0 Å². The second-order valence-electron chi connectivity index (χ2n) is 7.68. The Labute approximate surface area is 167 Å². The first-order valence-corrected chi connectivity index (χ1v) is 11.4. The smallest absolute Gasteiger partial charge is 0.258 e. The Morgan fingerprint density at radius 1 is 0.893 bits per heavy atom. The molecule has 1 amide bonds. The Bertz CT molecular complexity index is 977. The van der Waals surface area contributed by atoms with E-state index < -0.39 is 10.0 Å². The molecular weight excluding hydrogens is 372 g/mol. The molecule has 0 unspecified atom stereocenters. The van der Waals surface area contributed by atoms with Crippen LogP contribution in [0.15, 0.2) is 47.4 Å². The van der Waals surface area contributed by atoms with E-state index in [1.54, 1.807) is 27.4 Å². The summed E-state index contributed by atoms with van der Waals surface area (Å²) in [5.41, 5.74) is 3.53. The first-order chi connectivity index (χ1) is 13.5. The normalized spacial score (nSPS) is 18.0. The molecule has 2 aliphatic rings. The van der Waals surface area contributed by atoms with Gasteiger partial charge in [0.1, 0.15) is 0 Å². The third-order valence-corrected chi connectivity index (χ3v) is 7.56. The van der Waals surface area contributed by atoms with E-state index >= 15 is 0 Å². The van der Waals surface area contributed by atoms with Crippen LogP contribution in [0.1, 0.15) is 47.2 Å². The van der Waals surface area contributed by atoms with Crippen molar-refractivity contribution < 1.29 is 13.2 Å². The number of carbonyl (C=O) groups is 1. The largest absolute Gasteiger partial charge is 0.308 e. The third-order valence-electron chi connectivity index (χ3n) is 5.67. The van der Waals surface area contributed by atoms with Crippen molar-refractivity contribution >= 4 is 21.6 Å². The number of nitrogens with zero attached hydrogens (tertiary/aromatic N) is 2. The van der Waals surface area contributed by atoms with Crippen molar-refractivity contribution in [3.05, 3.63) is 59.2 Å². The molecule has 1 saturated heterocycles. The minimum Gasteiger partial charge on any atom is -0.308 e. The number of carbonyl (C=O) groups excluding carboxylic acids is 1. The second kappa shape index (κ2) is 7.68. The predicted molar refractivity (Wildman–Crippen MR) is 110 cm³/mol. The lowest BCUT2D eigenvalue weighted by Crippen LogP contribution is -2.37. The Balaban J connectivity index is 1.64. The number of rotatable bonds is 3. The maximum Gasteiger partial charge on any atom is 0.258 e. The average Bonchev–Trinajstić information content (AvgIpc) is 2.73.